The molecular weight excluding hydrogens is 307 g/mol. The Bertz CT molecular complexity index is 730. The summed E-state index contributed by atoms with van der Waals surface area (Å²) in [5.74, 6) is 0.180. The van der Waals surface area contributed by atoms with Crippen LogP contribution < -0.4 is 5.73 Å². The minimum absolute atomic E-state index is 0.168. The molecule has 2 N–H and O–H groups in total. The van der Waals surface area contributed by atoms with Crippen molar-refractivity contribution in [3.63, 3.8) is 0 Å². The topological polar surface area (TPSA) is 73.4 Å². The van der Waals surface area contributed by atoms with E-state index in [2.05, 4.69) is 22.0 Å². The molecule has 0 amide bonds. The molecule has 1 heterocycles. The fourth-order valence-electron chi connectivity index (χ4n) is 2.87. The lowest BCUT2D eigenvalue weighted by Crippen LogP contribution is -2.22. The van der Waals surface area contributed by atoms with Crippen LogP contribution in [-0.2, 0) is 11.3 Å². The minimum Gasteiger partial charge on any atom is -0.396 e. The molecule has 6 heteroatoms. The minimum atomic E-state index is -0.238. The summed E-state index contributed by atoms with van der Waals surface area (Å²) in [6, 6.07) is 6.58. The fraction of sp³-hybridized carbons (Fsp3) is 0.389. The van der Waals surface area contributed by atoms with Gasteiger partial charge in [0.05, 0.1) is 11.4 Å². The van der Waals surface area contributed by atoms with Crippen molar-refractivity contribution in [3.05, 3.63) is 53.1 Å². The van der Waals surface area contributed by atoms with Crippen molar-refractivity contribution in [3.8, 4) is 0 Å². The molecule has 0 saturated carbocycles. The number of rotatable bonds is 5. The van der Waals surface area contributed by atoms with Gasteiger partial charge in [0.2, 0.25) is 5.95 Å². The normalized spacial score (nSPS) is 18.4. The van der Waals surface area contributed by atoms with Gasteiger partial charge in [-0.15, -0.1) is 0 Å². The number of benzene rings is 1. The molecule has 0 spiro atoms. The van der Waals surface area contributed by atoms with Gasteiger partial charge in [0, 0.05) is 18.2 Å². The van der Waals surface area contributed by atoms with Crippen molar-refractivity contribution in [2.75, 3.05) is 12.3 Å². The van der Waals surface area contributed by atoms with Crippen LogP contribution in [0, 0.1) is 5.82 Å². The molecule has 0 radical (unpaired) electrons. The molecule has 5 nitrogen and oxygen atoms in total. The monoisotopic (exact) mass is 328 g/mol. The van der Waals surface area contributed by atoms with E-state index in [4.69, 9.17) is 10.6 Å². The highest BCUT2D eigenvalue weighted by Crippen LogP contribution is 2.32. The number of nitrogen functional groups attached to an aromatic ring is 1. The molecule has 0 fully saturated rings. The number of oxime groups is 1. The molecule has 0 saturated heterocycles. The van der Waals surface area contributed by atoms with Crippen molar-refractivity contribution in [2.45, 2.75) is 38.5 Å². The van der Waals surface area contributed by atoms with Gasteiger partial charge in [-0.2, -0.15) is 0 Å². The van der Waals surface area contributed by atoms with E-state index < -0.39 is 0 Å². The molecule has 1 aromatic carbocycles. The molecular formula is C18H21FN4O. The van der Waals surface area contributed by atoms with Gasteiger partial charge < -0.3 is 10.6 Å². The predicted octanol–water partition coefficient (Wildman–Crippen LogP) is 3.45. The Hall–Kier alpha value is -2.50. The van der Waals surface area contributed by atoms with E-state index in [-0.39, 0.29) is 17.7 Å². The zero-order valence-electron chi connectivity index (χ0n) is 13.7. The summed E-state index contributed by atoms with van der Waals surface area (Å²) in [6.07, 6.45) is 5.16. The number of nitrogens with two attached hydrogens (primary N) is 1. The van der Waals surface area contributed by atoms with Crippen LogP contribution in [0.5, 0.6) is 0 Å². The third-order valence-corrected chi connectivity index (χ3v) is 4.18. The van der Waals surface area contributed by atoms with Gasteiger partial charge >= 0.3 is 0 Å². The highest BCUT2D eigenvalue weighted by atomic mass is 19.1. The number of hydrogen-bond donors (Lipinski definition) is 1. The number of unbranched alkanes of at least 4 members (excludes halogenated alkanes) is 1. The van der Waals surface area contributed by atoms with Crippen LogP contribution in [0.1, 0.15) is 48.9 Å². The third kappa shape index (κ3) is 3.69. The second-order valence-electron chi connectivity index (χ2n) is 5.97. The molecule has 1 aliphatic carbocycles. The van der Waals surface area contributed by atoms with Crippen molar-refractivity contribution >= 4 is 11.7 Å². The Morgan fingerprint density at radius 1 is 1.29 bits per heavy atom. The van der Waals surface area contributed by atoms with Gasteiger partial charge in [0.25, 0.3) is 0 Å². The summed E-state index contributed by atoms with van der Waals surface area (Å²) in [7, 11) is 0. The highest BCUT2D eigenvalue weighted by Gasteiger charge is 2.27. The van der Waals surface area contributed by atoms with E-state index in [1.807, 2.05) is 12.1 Å². The second-order valence-corrected chi connectivity index (χ2v) is 5.97. The first-order valence-electron chi connectivity index (χ1n) is 8.23. The number of aromatic nitrogens is 2. The van der Waals surface area contributed by atoms with Crippen LogP contribution in [0.3, 0.4) is 0 Å². The quantitative estimate of drug-likeness (QED) is 0.674. The Labute approximate surface area is 140 Å². The van der Waals surface area contributed by atoms with E-state index >= 15 is 0 Å². The summed E-state index contributed by atoms with van der Waals surface area (Å²) >= 11 is 0. The number of anilines is 1. The number of fused-ring (bicyclic) bond motifs is 1. The fourth-order valence-corrected chi connectivity index (χ4v) is 2.87. The Morgan fingerprint density at radius 2 is 2.08 bits per heavy atom. The smallest absolute Gasteiger partial charge is 0.220 e. The van der Waals surface area contributed by atoms with Gasteiger partial charge in [-0.1, -0.05) is 30.6 Å². The lowest BCUT2D eigenvalue weighted by molar-refractivity contribution is 0.140. The summed E-state index contributed by atoms with van der Waals surface area (Å²) < 4.78 is 13.2. The van der Waals surface area contributed by atoms with E-state index in [1.54, 1.807) is 6.20 Å². The van der Waals surface area contributed by atoms with E-state index in [0.717, 1.165) is 41.8 Å². The SMILES string of the molecule is CCCCON=C1CC(c2ccc(F)cc2)Cc2nc(N)ncc21. The largest absolute Gasteiger partial charge is 0.396 e. The highest BCUT2D eigenvalue weighted by molar-refractivity contribution is 6.02. The van der Waals surface area contributed by atoms with Gasteiger partial charge in [0.1, 0.15) is 12.4 Å². The first-order valence-corrected chi connectivity index (χ1v) is 8.23. The summed E-state index contributed by atoms with van der Waals surface area (Å²) in [4.78, 5) is 13.9. The van der Waals surface area contributed by atoms with Gasteiger partial charge in [-0.3, -0.25) is 0 Å². The lowest BCUT2D eigenvalue weighted by Gasteiger charge is -2.25. The second kappa shape index (κ2) is 7.38. The van der Waals surface area contributed by atoms with Crippen molar-refractivity contribution in [1.29, 1.82) is 0 Å². The zero-order valence-corrected chi connectivity index (χ0v) is 13.7. The average Bonchev–Trinajstić information content (AvgIpc) is 2.58. The Kier molecular flexibility index (Phi) is 5.03. The maximum atomic E-state index is 13.2. The van der Waals surface area contributed by atoms with Gasteiger partial charge in [-0.25, -0.2) is 14.4 Å². The Balaban J connectivity index is 1.89. The van der Waals surface area contributed by atoms with Crippen LogP contribution in [0.2, 0.25) is 0 Å². The summed E-state index contributed by atoms with van der Waals surface area (Å²) in [6.45, 7) is 2.69. The average molecular weight is 328 g/mol. The summed E-state index contributed by atoms with van der Waals surface area (Å²) in [5, 5.41) is 4.31. The van der Waals surface area contributed by atoms with E-state index in [0.29, 0.717) is 13.0 Å². The molecule has 1 aromatic heterocycles. The molecule has 126 valence electrons. The first-order chi connectivity index (χ1) is 11.7. The molecule has 1 aliphatic rings. The molecule has 0 bridgehead atoms. The summed E-state index contributed by atoms with van der Waals surface area (Å²) in [5.41, 5.74) is 9.36. The van der Waals surface area contributed by atoms with Crippen LogP contribution in [0.4, 0.5) is 10.3 Å². The predicted molar refractivity (Wildman–Crippen MR) is 91.3 cm³/mol. The molecule has 24 heavy (non-hydrogen) atoms. The molecule has 3 rings (SSSR count). The molecule has 1 unspecified atom stereocenters. The molecule has 0 aliphatic heterocycles. The third-order valence-electron chi connectivity index (χ3n) is 4.18. The van der Waals surface area contributed by atoms with E-state index in [1.165, 1.54) is 12.1 Å². The van der Waals surface area contributed by atoms with Crippen molar-refractivity contribution < 1.29 is 9.23 Å². The first kappa shape index (κ1) is 16.4. The standard InChI is InChI=1S/C18H21FN4O/c1-2-3-8-24-23-17-10-13(12-4-6-14(19)7-5-12)9-16-15(17)11-21-18(20)22-16/h4-7,11,13H,2-3,8-10H2,1H3,(H2,20,21,22). The van der Waals surface area contributed by atoms with Crippen LogP contribution in [0.15, 0.2) is 35.6 Å². The van der Waals surface area contributed by atoms with Crippen LogP contribution in [-0.4, -0.2) is 22.3 Å². The number of hydrogen-bond acceptors (Lipinski definition) is 5. The van der Waals surface area contributed by atoms with E-state index in [9.17, 15) is 4.39 Å². The molecule has 1 atom stereocenters. The van der Waals surface area contributed by atoms with Crippen LogP contribution in [0.25, 0.3) is 0 Å². The lowest BCUT2D eigenvalue weighted by atomic mass is 9.82. The number of nitrogens with zero attached hydrogens (tertiary/aromatic N) is 3. The Morgan fingerprint density at radius 3 is 2.83 bits per heavy atom. The van der Waals surface area contributed by atoms with Crippen molar-refractivity contribution in [2.24, 2.45) is 5.16 Å². The van der Waals surface area contributed by atoms with Gasteiger partial charge in [0.15, 0.2) is 0 Å². The maximum Gasteiger partial charge on any atom is 0.220 e. The zero-order chi connectivity index (χ0) is 16.9. The maximum absolute atomic E-state index is 13.2. The van der Waals surface area contributed by atoms with Crippen molar-refractivity contribution in [1.82, 2.24) is 9.97 Å². The molecule has 2 aromatic rings. The number of halogens is 1. The van der Waals surface area contributed by atoms with Gasteiger partial charge in [-0.05, 0) is 36.5 Å². The van der Waals surface area contributed by atoms with Crippen LogP contribution >= 0.6 is 0 Å².